The van der Waals surface area contributed by atoms with Crippen molar-refractivity contribution in [3.05, 3.63) is 58.8 Å². The van der Waals surface area contributed by atoms with E-state index in [4.69, 9.17) is 6.42 Å². The summed E-state index contributed by atoms with van der Waals surface area (Å²) < 4.78 is 0. The number of fused-ring (bicyclic) bond motifs is 1. The van der Waals surface area contributed by atoms with Crippen molar-refractivity contribution in [2.45, 2.75) is 59.3 Å². The second-order valence-corrected chi connectivity index (χ2v) is 8.16. The molecule has 1 saturated carbocycles. The smallest absolute Gasteiger partial charge is 0.0458 e. The summed E-state index contributed by atoms with van der Waals surface area (Å²) in [4.78, 5) is 0. The second kappa shape index (κ2) is 8.66. The molecule has 0 saturated heterocycles. The van der Waals surface area contributed by atoms with Gasteiger partial charge in [0.15, 0.2) is 0 Å². The van der Waals surface area contributed by atoms with Gasteiger partial charge >= 0.3 is 0 Å². The third-order valence-electron chi connectivity index (χ3n) is 6.37. The van der Waals surface area contributed by atoms with E-state index in [0.717, 1.165) is 25.0 Å². The Morgan fingerprint density at radius 2 is 2.19 bits per heavy atom. The molecule has 0 aromatic heterocycles. The third-order valence-corrected chi connectivity index (χ3v) is 6.37. The predicted octanol–water partition coefficient (Wildman–Crippen LogP) is 6.98. The summed E-state index contributed by atoms with van der Waals surface area (Å²) in [5, 5.41) is 3.50. The van der Waals surface area contributed by atoms with E-state index in [0.29, 0.717) is 17.8 Å². The summed E-state index contributed by atoms with van der Waals surface area (Å²) in [6, 6.07) is 6.67. The van der Waals surface area contributed by atoms with E-state index in [1.54, 1.807) is 5.57 Å². The molecule has 1 aliphatic heterocycles. The van der Waals surface area contributed by atoms with E-state index in [2.05, 4.69) is 68.9 Å². The Balaban J connectivity index is 1.72. The first-order valence-electron chi connectivity index (χ1n) is 10.5. The van der Waals surface area contributed by atoms with Gasteiger partial charge in [0, 0.05) is 17.3 Å². The summed E-state index contributed by atoms with van der Waals surface area (Å²) in [6.07, 6.45) is 17.3. The monoisotopic (exact) mass is 359 g/mol. The largest absolute Gasteiger partial charge is 0.355 e. The molecule has 27 heavy (non-hydrogen) atoms. The highest BCUT2D eigenvalue weighted by atomic mass is 14.9. The highest BCUT2D eigenvalue weighted by molar-refractivity contribution is 5.78. The molecule has 2 aliphatic rings. The van der Waals surface area contributed by atoms with Crippen LogP contribution in [0.25, 0.3) is 6.08 Å². The first kappa shape index (κ1) is 19.6. The zero-order valence-electron chi connectivity index (χ0n) is 17.1. The molecular weight excluding hydrogens is 326 g/mol. The summed E-state index contributed by atoms with van der Waals surface area (Å²) >= 11 is 0. The van der Waals surface area contributed by atoms with E-state index >= 15 is 0 Å². The van der Waals surface area contributed by atoms with Crippen molar-refractivity contribution in [3.8, 4) is 12.3 Å². The fourth-order valence-corrected chi connectivity index (χ4v) is 4.46. The molecule has 1 heterocycles. The van der Waals surface area contributed by atoms with Gasteiger partial charge < -0.3 is 5.32 Å². The lowest BCUT2D eigenvalue weighted by Gasteiger charge is -2.29. The predicted molar refractivity (Wildman–Crippen MR) is 118 cm³/mol. The minimum Gasteiger partial charge on any atom is -0.355 e. The molecule has 3 rings (SSSR count). The number of allylic oxidation sites excluding steroid dienone is 3. The van der Waals surface area contributed by atoms with Gasteiger partial charge in [-0.2, -0.15) is 0 Å². The molecule has 0 radical (unpaired) electrons. The molecule has 1 N–H and O–H groups in total. The fraction of sp³-hybridized carbons (Fsp3) is 0.462. The van der Waals surface area contributed by atoms with Gasteiger partial charge in [0.1, 0.15) is 0 Å². The number of hydrogen-bond donors (Lipinski definition) is 1. The molecule has 0 spiro atoms. The van der Waals surface area contributed by atoms with Gasteiger partial charge in [-0.3, -0.25) is 0 Å². The van der Waals surface area contributed by atoms with Gasteiger partial charge in [-0.05, 0) is 78.8 Å². The zero-order valence-corrected chi connectivity index (χ0v) is 17.1. The van der Waals surface area contributed by atoms with Crippen LogP contribution in [-0.4, -0.2) is 0 Å². The number of aryl methyl sites for hydroxylation is 1. The molecule has 0 amide bonds. The third kappa shape index (κ3) is 4.38. The maximum atomic E-state index is 5.72. The topological polar surface area (TPSA) is 12.0 Å². The Morgan fingerprint density at radius 3 is 2.89 bits per heavy atom. The van der Waals surface area contributed by atoms with Crippen molar-refractivity contribution >= 4 is 11.8 Å². The highest BCUT2D eigenvalue weighted by Crippen LogP contribution is 2.37. The van der Waals surface area contributed by atoms with Crippen LogP contribution in [0, 0.1) is 30.1 Å². The maximum Gasteiger partial charge on any atom is 0.0458 e. The van der Waals surface area contributed by atoms with E-state index < -0.39 is 0 Å². The molecule has 1 aromatic carbocycles. The van der Waals surface area contributed by atoms with Crippen LogP contribution < -0.4 is 5.32 Å². The van der Waals surface area contributed by atoms with Gasteiger partial charge in [-0.25, -0.2) is 0 Å². The van der Waals surface area contributed by atoms with Crippen molar-refractivity contribution < 1.29 is 0 Å². The van der Waals surface area contributed by atoms with E-state index in [-0.39, 0.29) is 0 Å². The van der Waals surface area contributed by atoms with Crippen molar-refractivity contribution in [1.29, 1.82) is 0 Å². The van der Waals surface area contributed by atoms with Crippen LogP contribution in [0.5, 0.6) is 0 Å². The number of hydrogen-bond acceptors (Lipinski definition) is 1. The molecule has 2 unspecified atom stereocenters. The fourth-order valence-electron chi connectivity index (χ4n) is 4.46. The van der Waals surface area contributed by atoms with Crippen LogP contribution in [0.1, 0.15) is 64.0 Å². The van der Waals surface area contributed by atoms with E-state index in [9.17, 15) is 0 Å². The second-order valence-electron chi connectivity index (χ2n) is 8.16. The van der Waals surface area contributed by atoms with Crippen molar-refractivity contribution in [1.82, 2.24) is 0 Å². The van der Waals surface area contributed by atoms with E-state index in [1.807, 2.05) is 0 Å². The Labute approximate surface area is 165 Å². The van der Waals surface area contributed by atoms with Crippen LogP contribution in [0.4, 0.5) is 5.69 Å². The maximum absolute atomic E-state index is 5.72. The minimum absolute atomic E-state index is 0.460. The first-order chi connectivity index (χ1) is 13.0. The van der Waals surface area contributed by atoms with E-state index in [1.165, 1.54) is 41.6 Å². The molecule has 1 nitrogen and oxygen atoms in total. The Hall–Kier alpha value is -2.20. The van der Waals surface area contributed by atoms with Gasteiger partial charge in [0.2, 0.25) is 0 Å². The number of nitrogens with one attached hydrogen (secondary N) is 1. The molecule has 1 heteroatoms. The van der Waals surface area contributed by atoms with Crippen LogP contribution in [0.2, 0.25) is 0 Å². The summed E-state index contributed by atoms with van der Waals surface area (Å²) in [5.74, 6) is 4.60. The average Bonchev–Trinajstić information content (AvgIpc) is 2.70. The summed E-state index contributed by atoms with van der Waals surface area (Å²) in [7, 11) is 0. The van der Waals surface area contributed by atoms with Crippen LogP contribution in [0.3, 0.4) is 0 Å². The Kier molecular flexibility index (Phi) is 6.27. The van der Waals surface area contributed by atoms with Gasteiger partial charge in [0.05, 0.1) is 0 Å². The highest BCUT2D eigenvalue weighted by Gasteiger charge is 2.25. The lowest BCUT2D eigenvalue weighted by Crippen LogP contribution is -2.19. The number of rotatable bonds is 5. The molecule has 1 aliphatic carbocycles. The summed E-state index contributed by atoms with van der Waals surface area (Å²) in [6.45, 7) is 11.1. The molecule has 1 aromatic rings. The number of anilines is 1. The molecule has 3 atom stereocenters. The zero-order chi connectivity index (χ0) is 19.4. The van der Waals surface area contributed by atoms with Crippen molar-refractivity contribution in [2.75, 3.05) is 5.32 Å². The number of terminal acetylenes is 1. The SMILES string of the molecule is C#CC1CC/C(=C/C[C@@H](C)C2=Cc3cc(CC)ccc3NC2=C)CC1CC. The van der Waals surface area contributed by atoms with Crippen LogP contribution in [-0.2, 0) is 6.42 Å². The average molecular weight is 360 g/mol. The summed E-state index contributed by atoms with van der Waals surface area (Å²) in [5.41, 5.74) is 7.81. The Morgan fingerprint density at radius 1 is 1.37 bits per heavy atom. The van der Waals surface area contributed by atoms with Crippen molar-refractivity contribution in [2.24, 2.45) is 17.8 Å². The molecule has 142 valence electrons. The van der Waals surface area contributed by atoms with Crippen molar-refractivity contribution in [3.63, 3.8) is 0 Å². The van der Waals surface area contributed by atoms with Crippen LogP contribution >= 0.6 is 0 Å². The van der Waals surface area contributed by atoms with Gasteiger partial charge in [-0.15, -0.1) is 12.3 Å². The van der Waals surface area contributed by atoms with Gasteiger partial charge in [-0.1, -0.05) is 51.5 Å². The quantitative estimate of drug-likeness (QED) is 0.441. The lowest BCUT2D eigenvalue weighted by molar-refractivity contribution is 0.332. The molecule has 1 fully saturated rings. The standard InChI is InChI=1S/C26H33N/c1-6-20-12-14-26-24(15-20)17-25(19(5)27-26)18(4)9-10-21-11-13-22(7-2)23(8-3)16-21/h2,10,12,14-15,17-18,22-23,27H,5-6,8-9,11,13,16H2,1,3-4H3/b21-10-/t18-,22?,23?/m1/s1. The molecule has 0 bridgehead atoms. The van der Waals surface area contributed by atoms with Gasteiger partial charge in [0.25, 0.3) is 0 Å². The molecular formula is C26H33N. The lowest BCUT2D eigenvalue weighted by atomic mass is 9.75. The minimum atomic E-state index is 0.460. The normalized spacial score (nSPS) is 24.6. The van der Waals surface area contributed by atoms with Crippen LogP contribution in [0.15, 0.2) is 47.7 Å². The number of benzene rings is 1. The first-order valence-corrected chi connectivity index (χ1v) is 10.5. The Bertz CT molecular complexity index is 802.